The molecule has 0 saturated carbocycles. The van der Waals surface area contributed by atoms with Crippen molar-refractivity contribution in [2.24, 2.45) is 0 Å². The fraction of sp³-hybridized carbons (Fsp3) is 0.353. The third-order valence-corrected chi connectivity index (χ3v) is 3.34. The molecule has 2 N–H and O–H groups in total. The molecule has 0 aliphatic rings. The number of hydrogen-bond donors (Lipinski definition) is 2. The van der Waals surface area contributed by atoms with Gasteiger partial charge in [-0.15, -0.1) is 0 Å². The molecule has 4 heteroatoms. The summed E-state index contributed by atoms with van der Waals surface area (Å²) in [5.41, 5.74) is 2.59. The number of amides is 1. The van der Waals surface area contributed by atoms with Gasteiger partial charge < -0.3 is 15.0 Å². The van der Waals surface area contributed by atoms with Gasteiger partial charge in [0.2, 0.25) is 0 Å². The zero-order valence-corrected chi connectivity index (χ0v) is 12.4. The van der Waals surface area contributed by atoms with E-state index in [2.05, 4.69) is 12.2 Å². The molecular formula is C17H22N2O2. The number of anilines is 1. The van der Waals surface area contributed by atoms with Crippen LogP contribution in [0.15, 0.2) is 42.6 Å². The zero-order chi connectivity index (χ0) is 15.1. The first-order valence-electron chi connectivity index (χ1n) is 7.41. The van der Waals surface area contributed by atoms with Gasteiger partial charge in [-0.1, -0.05) is 19.1 Å². The van der Waals surface area contributed by atoms with Crippen molar-refractivity contribution in [1.29, 1.82) is 0 Å². The second kappa shape index (κ2) is 7.64. The van der Waals surface area contributed by atoms with Crippen LogP contribution in [0.25, 0.3) is 0 Å². The average molecular weight is 286 g/mol. The first-order valence-corrected chi connectivity index (χ1v) is 7.41. The van der Waals surface area contributed by atoms with E-state index in [1.54, 1.807) is 0 Å². The summed E-state index contributed by atoms with van der Waals surface area (Å²) in [6.07, 6.45) is 4.46. The van der Waals surface area contributed by atoms with Gasteiger partial charge in [-0.05, 0) is 49.1 Å². The Morgan fingerprint density at radius 3 is 2.90 bits per heavy atom. The fourth-order valence-corrected chi connectivity index (χ4v) is 2.34. The predicted molar refractivity (Wildman–Crippen MR) is 84.5 cm³/mol. The third-order valence-electron chi connectivity index (χ3n) is 3.34. The van der Waals surface area contributed by atoms with Crippen molar-refractivity contribution in [1.82, 2.24) is 4.57 Å². The molecule has 1 heterocycles. The highest BCUT2D eigenvalue weighted by Gasteiger charge is 2.10. The van der Waals surface area contributed by atoms with E-state index in [1.165, 1.54) is 0 Å². The van der Waals surface area contributed by atoms with Crippen molar-refractivity contribution >= 4 is 11.6 Å². The number of nitrogens with one attached hydrogen (secondary N) is 1. The maximum absolute atomic E-state index is 12.3. The van der Waals surface area contributed by atoms with Crippen LogP contribution in [0, 0.1) is 0 Å². The first kappa shape index (κ1) is 15.3. The van der Waals surface area contributed by atoms with Gasteiger partial charge in [-0.2, -0.15) is 0 Å². The Bertz CT molecular complexity index is 590. The van der Waals surface area contributed by atoms with Crippen molar-refractivity contribution in [3.8, 4) is 0 Å². The van der Waals surface area contributed by atoms with E-state index in [0.717, 1.165) is 37.1 Å². The molecule has 0 bridgehead atoms. The molecule has 2 rings (SSSR count). The maximum Gasteiger partial charge on any atom is 0.272 e. The lowest BCUT2D eigenvalue weighted by Gasteiger charge is -2.10. The van der Waals surface area contributed by atoms with Gasteiger partial charge >= 0.3 is 0 Å². The number of rotatable bonds is 7. The summed E-state index contributed by atoms with van der Waals surface area (Å²) in [5.74, 6) is -0.0900. The van der Waals surface area contributed by atoms with Crippen LogP contribution in [0.4, 0.5) is 5.69 Å². The molecule has 0 spiro atoms. The Morgan fingerprint density at radius 1 is 1.29 bits per heavy atom. The summed E-state index contributed by atoms with van der Waals surface area (Å²) in [5, 5.41) is 11.8. The van der Waals surface area contributed by atoms with Crippen molar-refractivity contribution in [3.05, 3.63) is 53.9 Å². The molecule has 0 atom stereocenters. The van der Waals surface area contributed by atoms with Crippen molar-refractivity contribution < 1.29 is 9.90 Å². The summed E-state index contributed by atoms with van der Waals surface area (Å²) in [4.78, 5) is 12.3. The van der Waals surface area contributed by atoms with E-state index in [-0.39, 0.29) is 12.5 Å². The van der Waals surface area contributed by atoms with Crippen LogP contribution in [0.1, 0.15) is 35.8 Å². The van der Waals surface area contributed by atoms with Gasteiger partial charge in [-0.3, -0.25) is 4.79 Å². The minimum Gasteiger partial charge on any atom is -0.396 e. The third kappa shape index (κ3) is 4.20. The number of hydrogen-bond acceptors (Lipinski definition) is 2. The van der Waals surface area contributed by atoms with Crippen molar-refractivity contribution in [3.63, 3.8) is 0 Å². The lowest BCUT2D eigenvalue weighted by molar-refractivity contribution is 0.101. The largest absolute Gasteiger partial charge is 0.396 e. The fourth-order valence-electron chi connectivity index (χ4n) is 2.34. The summed E-state index contributed by atoms with van der Waals surface area (Å²) in [7, 11) is 0. The van der Waals surface area contributed by atoms with Crippen LogP contribution in [0.5, 0.6) is 0 Å². The Labute approximate surface area is 125 Å². The number of nitrogens with zero attached hydrogens (tertiary/aromatic N) is 1. The lowest BCUT2D eigenvalue weighted by Crippen LogP contribution is -2.16. The molecule has 4 nitrogen and oxygen atoms in total. The smallest absolute Gasteiger partial charge is 0.272 e. The van der Waals surface area contributed by atoms with Gasteiger partial charge in [0.15, 0.2) is 0 Å². The standard InChI is InChI=1S/C17H22N2O2/c1-2-10-19-11-4-9-16(19)17(21)18-15-8-3-6-14(13-15)7-5-12-20/h3-4,6,8-9,11,13,20H,2,5,7,10,12H2,1H3,(H,18,21). The van der Waals surface area contributed by atoms with E-state index in [0.29, 0.717) is 5.69 Å². The molecular weight excluding hydrogens is 264 g/mol. The van der Waals surface area contributed by atoms with E-state index < -0.39 is 0 Å². The quantitative estimate of drug-likeness (QED) is 0.822. The second-order valence-electron chi connectivity index (χ2n) is 5.07. The number of benzene rings is 1. The van der Waals surface area contributed by atoms with Gasteiger partial charge in [0.25, 0.3) is 5.91 Å². The van der Waals surface area contributed by atoms with Crippen LogP contribution in [-0.4, -0.2) is 22.2 Å². The number of aromatic nitrogens is 1. The topological polar surface area (TPSA) is 54.3 Å². The predicted octanol–water partition coefficient (Wildman–Crippen LogP) is 3.08. The van der Waals surface area contributed by atoms with E-state index in [4.69, 9.17) is 5.11 Å². The molecule has 0 aliphatic heterocycles. The van der Waals surface area contributed by atoms with E-state index in [9.17, 15) is 4.79 Å². The Balaban J connectivity index is 2.06. The molecule has 1 aromatic carbocycles. The zero-order valence-electron chi connectivity index (χ0n) is 12.4. The SMILES string of the molecule is CCCn1cccc1C(=O)Nc1cccc(CCCO)c1. The van der Waals surface area contributed by atoms with Gasteiger partial charge in [0, 0.05) is 25.0 Å². The van der Waals surface area contributed by atoms with Crippen LogP contribution < -0.4 is 5.32 Å². The van der Waals surface area contributed by atoms with Crippen LogP contribution >= 0.6 is 0 Å². The summed E-state index contributed by atoms with van der Waals surface area (Å²) < 4.78 is 1.96. The first-order chi connectivity index (χ1) is 10.2. The van der Waals surface area contributed by atoms with Gasteiger partial charge in [-0.25, -0.2) is 0 Å². The Morgan fingerprint density at radius 2 is 2.14 bits per heavy atom. The van der Waals surface area contributed by atoms with E-state index >= 15 is 0 Å². The highest BCUT2D eigenvalue weighted by molar-refractivity contribution is 6.03. The molecule has 1 amide bonds. The number of carbonyl (C=O) groups excluding carboxylic acids is 1. The summed E-state index contributed by atoms with van der Waals surface area (Å²) >= 11 is 0. The van der Waals surface area contributed by atoms with Crippen LogP contribution in [0.2, 0.25) is 0 Å². The molecule has 21 heavy (non-hydrogen) atoms. The average Bonchev–Trinajstić information content (AvgIpc) is 2.94. The highest BCUT2D eigenvalue weighted by Crippen LogP contribution is 2.14. The minimum absolute atomic E-state index is 0.0900. The normalized spacial score (nSPS) is 10.6. The summed E-state index contributed by atoms with van der Waals surface area (Å²) in [6, 6.07) is 11.5. The Hall–Kier alpha value is -2.07. The molecule has 1 aromatic heterocycles. The number of aryl methyl sites for hydroxylation is 2. The monoisotopic (exact) mass is 286 g/mol. The van der Waals surface area contributed by atoms with Crippen molar-refractivity contribution in [2.75, 3.05) is 11.9 Å². The molecule has 0 aliphatic carbocycles. The molecule has 0 radical (unpaired) electrons. The number of aliphatic hydroxyl groups is 1. The Kier molecular flexibility index (Phi) is 5.58. The molecule has 112 valence electrons. The van der Waals surface area contributed by atoms with Gasteiger partial charge in [0.05, 0.1) is 0 Å². The molecule has 0 unspecified atom stereocenters. The minimum atomic E-state index is -0.0900. The van der Waals surface area contributed by atoms with E-state index in [1.807, 2.05) is 47.2 Å². The number of carbonyl (C=O) groups is 1. The molecule has 2 aromatic rings. The lowest BCUT2D eigenvalue weighted by atomic mass is 10.1. The van der Waals surface area contributed by atoms with Gasteiger partial charge in [0.1, 0.15) is 5.69 Å². The second-order valence-corrected chi connectivity index (χ2v) is 5.07. The van der Waals surface area contributed by atoms with Crippen LogP contribution in [0.3, 0.4) is 0 Å². The number of aliphatic hydroxyl groups excluding tert-OH is 1. The maximum atomic E-state index is 12.3. The molecule has 0 saturated heterocycles. The van der Waals surface area contributed by atoms with Crippen molar-refractivity contribution in [2.45, 2.75) is 32.7 Å². The van der Waals surface area contributed by atoms with Crippen LogP contribution in [-0.2, 0) is 13.0 Å². The summed E-state index contributed by atoms with van der Waals surface area (Å²) in [6.45, 7) is 3.11. The molecule has 0 fully saturated rings. The highest BCUT2D eigenvalue weighted by atomic mass is 16.2.